The van der Waals surface area contributed by atoms with Crippen molar-refractivity contribution < 1.29 is 13.2 Å². The van der Waals surface area contributed by atoms with Gasteiger partial charge >= 0.3 is 0 Å². The first kappa shape index (κ1) is 22.2. The van der Waals surface area contributed by atoms with Crippen LogP contribution in [0.15, 0.2) is 53.7 Å². The minimum absolute atomic E-state index is 0.0248. The van der Waals surface area contributed by atoms with Crippen molar-refractivity contribution in [1.82, 2.24) is 14.9 Å². The second kappa shape index (κ2) is 8.86. The van der Waals surface area contributed by atoms with Gasteiger partial charge in [0.05, 0.1) is 16.2 Å². The molecule has 1 aliphatic heterocycles. The highest BCUT2D eigenvalue weighted by Gasteiger charge is 2.29. The molecule has 3 heterocycles. The number of piperazine rings is 1. The van der Waals surface area contributed by atoms with Gasteiger partial charge in [-0.1, -0.05) is 12.1 Å². The highest BCUT2D eigenvalue weighted by atomic mass is 32.2. The summed E-state index contributed by atoms with van der Waals surface area (Å²) in [7, 11) is -3.61. The second-order valence-electron chi connectivity index (χ2n) is 8.43. The van der Waals surface area contributed by atoms with Crippen LogP contribution in [0.1, 0.15) is 24.5 Å². The lowest BCUT2D eigenvalue weighted by atomic mass is 10.1. The molecule has 0 radical (unpaired) electrons. The summed E-state index contributed by atoms with van der Waals surface area (Å²) >= 11 is 0. The summed E-state index contributed by atoms with van der Waals surface area (Å²) in [5.74, 6) is 0.597. The number of rotatable bonds is 5. The molecule has 1 fully saturated rings. The van der Waals surface area contributed by atoms with Gasteiger partial charge in [-0.05, 0) is 56.2 Å². The Bertz CT molecular complexity index is 1250. The molecule has 32 heavy (non-hydrogen) atoms. The molecule has 1 amide bonds. The number of amides is 1. The molecule has 168 valence electrons. The molecule has 4 rings (SSSR count). The summed E-state index contributed by atoms with van der Waals surface area (Å²) in [4.78, 5) is 25.9. The molecule has 0 unspecified atom stereocenters. The number of nitrogens with zero attached hydrogens (tertiary/aromatic N) is 4. The first-order valence-electron chi connectivity index (χ1n) is 10.8. The van der Waals surface area contributed by atoms with Crippen LogP contribution in [0.25, 0.3) is 10.9 Å². The number of aryl methyl sites for hydroxylation is 2. The van der Waals surface area contributed by atoms with Crippen LogP contribution in [0.5, 0.6) is 0 Å². The van der Waals surface area contributed by atoms with Gasteiger partial charge in [-0.3, -0.25) is 9.78 Å². The summed E-state index contributed by atoms with van der Waals surface area (Å²) in [6, 6.07) is 10.6. The van der Waals surface area contributed by atoms with E-state index in [1.807, 2.05) is 27.0 Å². The number of sulfone groups is 1. The van der Waals surface area contributed by atoms with Gasteiger partial charge in [-0.2, -0.15) is 0 Å². The molecule has 2 aromatic heterocycles. The molecule has 1 atom stereocenters. The van der Waals surface area contributed by atoms with Crippen molar-refractivity contribution in [2.45, 2.75) is 38.1 Å². The molecule has 1 aliphatic rings. The lowest BCUT2D eigenvalue weighted by molar-refractivity contribution is -0.133. The largest absolute Gasteiger partial charge is 0.353 e. The lowest BCUT2D eigenvalue weighted by Gasteiger charge is -2.41. The maximum atomic E-state index is 13.0. The second-order valence-corrected chi connectivity index (χ2v) is 10.5. The number of hydrogen-bond acceptors (Lipinski definition) is 6. The molecule has 1 saturated heterocycles. The van der Waals surface area contributed by atoms with Crippen LogP contribution in [-0.2, 0) is 14.6 Å². The number of aromatic nitrogens is 2. The Morgan fingerprint density at radius 3 is 2.69 bits per heavy atom. The minimum Gasteiger partial charge on any atom is -0.353 e. The summed E-state index contributed by atoms with van der Waals surface area (Å²) in [6.45, 7) is 7.96. The van der Waals surface area contributed by atoms with Crippen molar-refractivity contribution in [1.29, 1.82) is 0 Å². The molecule has 0 saturated carbocycles. The molecule has 1 aromatic carbocycles. The van der Waals surface area contributed by atoms with Gasteiger partial charge in [-0.15, -0.1) is 0 Å². The van der Waals surface area contributed by atoms with E-state index in [1.165, 1.54) is 0 Å². The molecular formula is C24H28N4O3S. The van der Waals surface area contributed by atoms with E-state index in [-0.39, 0.29) is 29.0 Å². The Morgan fingerprint density at radius 2 is 1.94 bits per heavy atom. The number of benzene rings is 1. The predicted molar refractivity (Wildman–Crippen MR) is 126 cm³/mol. The van der Waals surface area contributed by atoms with Crippen molar-refractivity contribution >= 4 is 32.5 Å². The first-order valence-corrected chi connectivity index (χ1v) is 12.5. The van der Waals surface area contributed by atoms with Gasteiger partial charge in [0.15, 0.2) is 9.84 Å². The van der Waals surface area contributed by atoms with Crippen LogP contribution in [-0.4, -0.2) is 60.6 Å². The zero-order valence-corrected chi connectivity index (χ0v) is 19.5. The summed E-state index contributed by atoms with van der Waals surface area (Å²) < 4.78 is 26.0. The van der Waals surface area contributed by atoms with Crippen LogP contribution < -0.4 is 4.90 Å². The number of carbonyl (C=O) groups excluding carboxylic acids is 1. The third-order valence-corrected chi connectivity index (χ3v) is 7.73. The Morgan fingerprint density at radius 1 is 1.12 bits per heavy atom. The maximum absolute atomic E-state index is 13.0. The predicted octanol–water partition coefficient (Wildman–Crippen LogP) is 3.15. The fourth-order valence-corrected chi connectivity index (χ4v) is 5.84. The van der Waals surface area contributed by atoms with Gasteiger partial charge in [0.25, 0.3) is 0 Å². The number of fused-ring (bicyclic) bond motifs is 1. The lowest BCUT2D eigenvalue weighted by Crippen LogP contribution is -2.54. The van der Waals surface area contributed by atoms with Crippen molar-refractivity contribution in [2.75, 3.05) is 30.3 Å². The van der Waals surface area contributed by atoms with Crippen LogP contribution in [0.2, 0.25) is 0 Å². The van der Waals surface area contributed by atoms with Crippen LogP contribution in [0.4, 0.5) is 5.82 Å². The van der Waals surface area contributed by atoms with E-state index in [2.05, 4.69) is 20.9 Å². The van der Waals surface area contributed by atoms with Crippen LogP contribution >= 0.6 is 0 Å². The number of hydrogen-bond donors (Lipinski definition) is 0. The topological polar surface area (TPSA) is 83.5 Å². The van der Waals surface area contributed by atoms with E-state index in [4.69, 9.17) is 0 Å². The number of carbonyl (C=O) groups is 1. The SMILES string of the molecule is Cc1cnc(N2CCN(C(=O)CCS(=O)(=O)c3cccc4ncccc34)[C@@H](C)C2)c(C)c1. The van der Waals surface area contributed by atoms with E-state index in [0.717, 1.165) is 16.9 Å². The fourth-order valence-electron chi connectivity index (χ4n) is 4.38. The fraction of sp³-hybridized carbons (Fsp3) is 0.375. The quantitative estimate of drug-likeness (QED) is 0.591. The molecular weight excluding hydrogens is 424 g/mol. The molecule has 8 heteroatoms. The Hall–Kier alpha value is -3.00. The summed E-state index contributed by atoms with van der Waals surface area (Å²) in [6.07, 6.45) is 3.46. The van der Waals surface area contributed by atoms with Crippen molar-refractivity contribution in [2.24, 2.45) is 0 Å². The van der Waals surface area contributed by atoms with Gasteiger partial charge in [0.1, 0.15) is 5.82 Å². The smallest absolute Gasteiger partial charge is 0.223 e. The van der Waals surface area contributed by atoms with Crippen LogP contribution in [0, 0.1) is 13.8 Å². The Kier molecular flexibility index (Phi) is 6.15. The van der Waals surface area contributed by atoms with E-state index in [0.29, 0.717) is 30.5 Å². The zero-order valence-electron chi connectivity index (χ0n) is 18.7. The standard InChI is InChI=1S/C24H28N4O3S/c1-17-14-18(2)24(26-15-17)27-11-12-28(19(3)16-27)23(29)9-13-32(30,31)22-8-4-7-21-20(22)6-5-10-25-21/h4-8,10,14-15,19H,9,11-13,16H2,1-3H3/t19-/m0/s1. The average molecular weight is 453 g/mol. The Labute approximate surface area is 189 Å². The van der Waals surface area contributed by atoms with Gasteiger partial charge in [-0.25, -0.2) is 13.4 Å². The molecule has 0 N–H and O–H groups in total. The number of pyridine rings is 2. The third kappa shape index (κ3) is 4.46. The van der Waals surface area contributed by atoms with Crippen molar-refractivity contribution in [3.05, 3.63) is 59.9 Å². The van der Waals surface area contributed by atoms with Crippen molar-refractivity contribution in [3.8, 4) is 0 Å². The maximum Gasteiger partial charge on any atom is 0.223 e. The molecule has 7 nitrogen and oxygen atoms in total. The number of anilines is 1. The molecule has 0 bridgehead atoms. The van der Waals surface area contributed by atoms with Crippen molar-refractivity contribution in [3.63, 3.8) is 0 Å². The van der Waals surface area contributed by atoms with E-state index >= 15 is 0 Å². The van der Waals surface area contributed by atoms with Gasteiger partial charge < -0.3 is 9.80 Å². The monoisotopic (exact) mass is 452 g/mol. The zero-order chi connectivity index (χ0) is 22.9. The summed E-state index contributed by atoms with van der Waals surface area (Å²) in [5, 5.41) is 0.588. The normalized spacial score (nSPS) is 17.0. The van der Waals surface area contributed by atoms with Crippen LogP contribution in [0.3, 0.4) is 0 Å². The van der Waals surface area contributed by atoms with E-state index in [1.54, 1.807) is 41.4 Å². The highest BCUT2D eigenvalue weighted by molar-refractivity contribution is 7.91. The van der Waals surface area contributed by atoms with Gasteiger partial charge in [0.2, 0.25) is 5.91 Å². The van der Waals surface area contributed by atoms with Gasteiger partial charge in [0, 0.05) is 49.9 Å². The van der Waals surface area contributed by atoms with E-state index in [9.17, 15) is 13.2 Å². The molecule has 3 aromatic rings. The minimum atomic E-state index is -3.61. The Balaban J connectivity index is 1.42. The highest BCUT2D eigenvalue weighted by Crippen LogP contribution is 2.24. The third-order valence-electron chi connectivity index (χ3n) is 5.96. The van der Waals surface area contributed by atoms with E-state index < -0.39 is 9.84 Å². The molecule has 0 spiro atoms. The first-order chi connectivity index (χ1) is 15.3. The summed E-state index contributed by atoms with van der Waals surface area (Å²) in [5.41, 5.74) is 2.87. The molecule has 0 aliphatic carbocycles. The average Bonchev–Trinajstić information content (AvgIpc) is 2.77.